The number of ether oxygens (including phenoxy) is 1. The van der Waals surface area contributed by atoms with Gasteiger partial charge < -0.3 is 15.0 Å². The normalized spacial score (nSPS) is 10.5. The second-order valence-electron chi connectivity index (χ2n) is 4.71. The number of hydrogen-bond donors (Lipinski definition) is 1. The molecule has 0 atom stereocenters. The second-order valence-corrected chi connectivity index (χ2v) is 4.71. The Hall–Kier alpha value is -2.23. The van der Waals surface area contributed by atoms with Crippen LogP contribution in [0.2, 0.25) is 0 Å². The predicted molar refractivity (Wildman–Crippen MR) is 75.2 cm³/mol. The number of nitrogens with zero attached hydrogens (tertiary/aromatic N) is 1. The van der Waals surface area contributed by atoms with Crippen LogP contribution >= 0.6 is 0 Å². The molecule has 1 heterocycles. The van der Waals surface area contributed by atoms with E-state index in [0.29, 0.717) is 17.9 Å². The van der Waals surface area contributed by atoms with E-state index in [1.165, 1.54) is 23.8 Å². The van der Waals surface area contributed by atoms with E-state index in [9.17, 15) is 4.79 Å². The highest BCUT2D eigenvalue weighted by Gasteiger charge is 2.14. The molecule has 1 aromatic heterocycles. The van der Waals surface area contributed by atoms with Crippen molar-refractivity contribution in [3.8, 4) is 0 Å². The Morgan fingerprint density at radius 2 is 2.05 bits per heavy atom. The summed E-state index contributed by atoms with van der Waals surface area (Å²) in [6.07, 6.45) is 1.76. The molecule has 0 spiro atoms. The van der Waals surface area contributed by atoms with Crippen LogP contribution in [-0.2, 0) is 11.3 Å². The van der Waals surface area contributed by atoms with Gasteiger partial charge in [-0.2, -0.15) is 0 Å². The molecule has 0 bridgehead atoms. The van der Waals surface area contributed by atoms with E-state index in [1.807, 2.05) is 11.5 Å². The average molecular weight is 258 g/mol. The van der Waals surface area contributed by atoms with E-state index in [0.717, 1.165) is 0 Å². The summed E-state index contributed by atoms with van der Waals surface area (Å²) < 4.78 is 6.59. The number of methoxy groups -OCH3 is 1. The predicted octanol–water partition coefficient (Wildman–Crippen LogP) is 2.52. The molecule has 1 aromatic carbocycles. The van der Waals surface area contributed by atoms with Crippen LogP contribution in [0.15, 0.2) is 30.5 Å². The summed E-state index contributed by atoms with van der Waals surface area (Å²) in [7, 11) is 1.37. The smallest absolute Gasteiger partial charge is 0.354 e. The topological polar surface area (TPSA) is 57.2 Å². The van der Waals surface area contributed by atoms with Gasteiger partial charge >= 0.3 is 5.97 Å². The van der Waals surface area contributed by atoms with Gasteiger partial charge in [0.25, 0.3) is 0 Å². The number of anilines is 1. The van der Waals surface area contributed by atoms with Gasteiger partial charge in [0.1, 0.15) is 5.69 Å². The van der Waals surface area contributed by atoms with Gasteiger partial charge in [-0.15, -0.1) is 0 Å². The Bertz CT molecular complexity index is 615. The minimum Gasteiger partial charge on any atom is -0.464 e. The van der Waals surface area contributed by atoms with Crippen molar-refractivity contribution < 1.29 is 9.53 Å². The first-order valence-corrected chi connectivity index (χ1v) is 6.11. The fraction of sp³-hybridized carbons (Fsp3) is 0.267. The summed E-state index contributed by atoms with van der Waals surface area (Å²) in [6.45, 7) is 4.71. The van der Waals surface area contributed by atoms with E-state index in [1.54, 1.807) is 12.3 Å². The second kappa shape index (κ2) is 5.18. The maximum atomic E-state index is 11.7. The number of aryl methyl sites for hydroxylation is 2. The van der Waals surface area contributed by atoms with Gasteiger partial charge in [-0.05, 0) is 31.0 Å². The van der Waals surface area contributed by atoms with Crippen LogP contribution in [-0.4, -0.2) is 17.6 Å². The summed E-state index contributed by atoms with van der Waals surface area (Å²) in [5, 5.41) is 0. The molecule has 0 radical (unpaired) electrons. The lowest BCUT2D eigenvalue weighted by atomic mass is 10.1. The monoisotopic (exact) mass is 258 g/mol. The van der Waals surface area contributed by atoms with E-state index in [2.05, 4.69) is 25.1 Å². The van der Waals surface area contributed by atoms with Gasteiger partial charge in [-0.1, -0.05) is 23.8 Å². The highest BCUT2D eigenvalue weighted by Crippen LogP contribution is 2.17. The lowest BCUT2D eigenvalue weighted by Gasteiger charge is -2.11. The molecule has 0 saturated carbocycles. The SMILES string of the molecule is COC(=O)c1cc(N)cn1Cc1cc(C)ccc1C. The highest BCUT2D eigenvalue weighted by atomic mass is 16.5. The van der Waals surface area contributed by atoms with Crippen molar-refractivity contribution in [2.75, 3.05) is 12.8 Å². The van der Waals surface area contributed by atoms with E-state index >= 15 is 0 Å². The van der Waals surface area contributed by atoms with Crippen LogP contribution in [0.25, 0.3) is 0 Å². The molecule has 0 aliphatic rings. The molecular formula is C15H18N2O2. The van der Waals surface area contributed by atoms with E-state index in [-0.39, 0.29) is 5.97 Å². The summed E-state index contributed by atoms with van der Waals surface area (Å²) >= 11 is 0. The molecule has 2 N–H and O–H groups in total. The Morgan fingerprint density at radius 1 is 1.32 bits per heavy atom. The summed E-state index contributed by atoms with van der Waals surface area (Å²) in [5.41, 5.74) is 10.3. The molecular weight excluding hydrogens is 240 g/mol. The average Bonchev–Trinajstić information content (AvgIpc) is 2.74. The van der Waals surface area contributed by atoms with Gasteiger partial charge in [0.15, 0.2) is 0 Å². The third-order valence-electron chi connectivity index (χ3n) is 3.16. The van der Waals surface area contributed by atoms with Crippen molar-refractivity contribution in [1.29, 1.82) is 0 Å². The zero-order valence-corrected chi connectivity index (χ0v) is 11.4. The van der Waals surface area contributed by atoms with Crippen LogP contribution < -0.4 is 5.73 Å². The van der Waals surface area contributed by atoms with Crippen molar-refractivity contribution >= 4 is 11.7 Å². The van der Waals surface area contributed by atoms with Crippen LogP contribution in [0, 0.1) is 13.8 Å². The van der Waals surface area contributed by atoms with Crippen LogP contribution in [0.1, 0.15) is 27.2 Å². The van der Waals surface area contributed by atoms with Crippen LogP contribution in [0.4, 0.5) is 5.69 Å². The van der Waals surface area contributed by atoms with E-state index < -0.39 is 0 Å². The maximum absolute atomic E-state index is 11.7. The van der Waals surface area contributed by atoms with Gasteiger partial charge in [0.05, 0.1) is 12.8 Å². The number of esters is 1. The number of nitrogens with two attached hydrogens (primary N) is 1. The molecule has 0 unspecified atom stereocenters. The number of aromatic nitrogens is 1. The Kier molecular flexibility index (Phi) is 3.60. The lowest BCUT2D eigenvalue weighted by molar-refractivity contribution is 0.0589. The minimum absolute atomic E-state index is 0.373. The molecule has 0 saturated heterocycles. The molecule has 100 valence electrons. The molecule has 0 aliphatic carbocycles. The molecule has 4 heteroatoms. The molecule has 0 fully saturated rings. The Morgan fingerprint density at radius 3 is 2.74 bits per heavy atom. The molecule has 19 heavy (non-hydrogen) atoms. The minimum atomic E-state index is -0.373. The summed E-state index contributed by atoms with van der Waals surface area (Å²) in [6, 6.07) is 7.91. The first-order chi connectivity index (χ1) is 9.01. The Labute approximate surface area is 112 Å². The largest absolute Gasteiger partial charge is 0.464 e. The van der Waals surface area contributed by atoms with E-state index in [4.69, 9.17) is 10.5 Å². The number of nitrogen functional groups attached to an aromatic ring is 1. The van der Waals surface area contributed by atoms with Crippen molar-refractivity contribution in [2.45, 2.75) is 20.4 Å². The van der Waals surface area contributed by atoms with Crippen molar-refractivity contribution in [1.82, 2.24) is 4.57 Å². The fourth-order valence-corrected chi connectivity index (χ4v) is 2.09. The first-order valence-electron chi connectivity index (χ1n) is 6.11. The third-order valence-corrected chi connectivity index (χ3v) is 3.16. The number of carbonyl (C=O) groups excluding carboxylic acids is 1. The number of rotatable bonds is 3. The highest BCUT2D eigenvalue weighted by molar-refractivity contribution is 5.89. The van der Waals surface area contributed by atoms with Crippen LogP contribution in [0.3, 0.4) is 0 Å². The molecule has 0 aliphatic heterocycles. The zero-order valence-electron chi connectivity index (χ0n) is 11.4. The van der Waals surface area contributed by atoms with Gasteiger partial charge in [-0.3, -0.25) is 0 Å². The van der Waals surface area contributed by atoms with Crippen molar-refractivity contribution in [3.63, 3.8) is 0 Å². The summed E-state index contributed by atoms with van der Waals surface area (Å²) in [4.78, 5) is 11.7. The number of carbonyl (C=O) groups is 1. The van der Waals surface area contributed by atoms with Gasteiger partial charge in [0, 0.05) is 12.7 Å². The molecule has 4 nitrogen and oxygen atoms in total. The lowest BCUT2D eigenvalue weighted by Crippen LogP contribution is -2.11. The number of benzene rings is 1. The molecule has 0 amide bonds. The maximum Gasteiger partial charge on any atom is 0.354 e. The first kappa shape index (κ1) is 13.2. The van der Waals surface area contributed by atoms with Crippen molar-refractivity contribution in [2.24, 2.45) is 0 Å². The molecule has 2 aromatic rings. The standard InChI is InChI=1S/C15H18N2O2/c1-10-4-5-11(2)12(6-10)8-17-9-13(16)7-14(17)15(18)19-3/h4-7,9H,8,16H2,1-3H3. The quantitative estimate of drug-likeness (QED) is 0.861. The van der Waals surface area contributed by atoms with Gasteiger partial charge in [-0.25, -0.2) is 4.79 Å². The van der Waals surface area contributed by atoms with Crippen LogP contribution in [0.5, 0.6) is 0 Å². The van der Waals surface area contributed by atoms with Gasteiger partial charge in [0.2, 0.25) is 0 Å². The fourth-order valence-electron chi connectivity index (χ4n) is 2.09. The molecule has 2 rings (SSSR count). The Balaban J connectivity index is 2.38. The third kappa shape index (κ3) is 2.78. The van der Waals surface area contributed by atoms with Crippen molar-refractivity contribution in [3.05, 3.63) is 52.8 Å². The zero-order chi connectivity index (χ0) is 14.0. The summed E-state index contributed by atoms with van der Waals surface area (Å²) in [5.74, 6) is -0.373. The number of hydrogen-bond acceptors (Lipinski definition) is 3.